The van der Waals surface area contributed by atoms with Gasteiger partial charge in [-0.1, -0.05) is 0 Å². The lowest BCUT2D eigenvalue weighted by Crippen LogP contribution is -2.24. The highest BCUT2D eigenvalue weighted by Gasteiger charge is 2.08. The second-order valence-electron chi connectivity index (χ2n) is 3.85. The van der Waals surface area contributed by atoms with Crippen molar-refractivity contribution in [1.82, 2.24) is 0 Å². The molecule has 0 saturated heterocycles. The van der Waals surface area contributed by atoms with E-state index >= 15 is 0 Å². The fraction of sp³-hybridized carbons (Fsp3) is 0.667. The zero-order chi connectivity index (χ0) is 12.5. The van der Waals surface area contributed by atoms with Crippen LogP contribution in [0, 0.1) is 0 Å². The predicted octanol–water partition coefficient (Wildman–Crippen LogP) is 1.93. The average Bonchev–Trinajstić information content (AvgIpc) is 2.80. The number of hydrogen-bond donors (Lipinski definition) is 1. The largest absolute Gasteiger partial charge is 0.468 e. The molecular formula is C12H20O4S. The van der Waals surface area contributed by atoms with E-state index in [1.165, 1.54) is 0 Å². The molecular weight excluding hydrogens is 240 g/mol. The number of aliphatic hydroxyl groups excluding tert-OH is 1. The van der Waals surface area contributed by atoms with Gasteiger partial charge in [0.05, 0.1) is 37.4 Å². The first-order valence-electron chi connectivity index (χ1n) is 5.61. The van der Waals surface area contributed by atoms with Crippen molar-refractivity contribution in [3.63, 3.8) is 0 Å². The van der Waals surface area contributed by atoms with Crippen LogP contribution in [0.4, 0.5) is 0 Å². The minimum atomic E-state index is -0.450. The van der Waals surface area contributed by atoms with Crippen molar-refractivity contribution >= 4 is 11.8 Å². The number of thioether (sulfide) groups is 1. The second-order valence-corrected chi connectivity index (χ2v) is 4.88. The van der Waals surface area contributed by atoms with Crippen LogP contribution in [0.5, 0.6) is 0 Å². The SMILES string of the molecule is COCC(C)OCC(O)CSCc1ccco1. The molecule has 1 aromatic rings. The summed E-state index contributed by atoms with van der Waals surface area (Å²) in [6.45, 7) is 2.81. The Morgan fingerprint density at radius 1 is 1.47 bits per heavy atom. The van der Waals surface area contributed by atoms with E-state index in [-0.39, 0.29) is 6.10 Å². The van der Waals surface area contributed by atoms with Crippen molar-refractivity contribution in [2.24, 2.45) is 0 Å². The standard InChI is InChI=1S/C12H20O4S/c1-10(6-14-2)16-7-11(13)8-17-9-12-4-3-5-15-12/h3-5,10-11,13H,6-9H2,1-2H3. The normalized spacial score (nSPS) is 14.8. The Morgan fingerprint density at radius 3 is 2.94 bits per heavy atom. The van der Waals surface area contributed by atoms with Crippen molar-refractivity contribution in [3.05, 3.63) is 24.2 Å². The summed E-state index contributed by atoms with van der Waals surface area (Å²) in [6.07, 6.45) is 1.22. The van der Waals surface area contributed by atoms with Crippen LogP contribution in [0.1, 0.15) is 12.7 Å². The van der Waals surface area contributed by atoms with E-state index in [2.05, 4.69) is 0 Å². The van der Waals surface area contributed by atoms with E-state index in [1.807, 2.05) is 19.1 Å². The molecule has 1 heterocycles. The zero-order valence-electron chi connectivity index (χ0n) is 10.3. The summed E-state index contributed by atoms with van der Waals surface area (Å²) in [5.74, 6) is 2.34. The number of methoxy groups -OCH3 is 1. The third kappa shape index (κ3) is 6.73. The topological polar surface area (TPSA) is 51.8 Å². The van der Waals surface area contributed by atoms with Gasteiger partial charge in [0.15, 0.2) is 0 Å². The molecule has 4 nitrogen and oxygen atoms in total. The Kier molecular flexibility index (Phi) is 7.35. The van der Waals surface area contributed by atoms with Gasteiger partial charge in [-0.2, -0.15) is 11.8 Å². The maximum atomic E-state index is 9.68. The Hall–Kier alpha value is -0.490. The monoisotopic (exact) mass is 260 g/mol. The number of aliphatic hydroxyl groups is 1. The first kappa shape index (κ1) is 14.6. The van der Waals surface area contributed by atoms with E-state index < -0.39 is 6.10 Å². The molecule has 5 heteroatoms. The molecule has 0 aliphatic heterocycles. The van der Waals surface area contributed by atoms with Gasteiger partial charge in [-0.3, -0.25) is 0 Å². The van der Waals surface area contributed by atoms with Crippen LogP contribution in [-0.4, -0.2) is 43.4 Å². The van der Waals surface area contributed by atoms with Gasteiger partial charge in [-0.25, -0.2) is 0 Å². The van der Waals surface area contributed by atoms with Crippen molar-refractivity contribution in [2.75, 3.05) is 26.1 Å². The molecule has 0 spiro atoms. The average molecular weight is 260 g/mol. The van der Waals surface area contributed by atoms with Crippen molar-refractivity contribution in [1.29, 1.82) is 0 Å². The molecule has 0 bridgehead atoms. The van der Waals surface area contributed by atoms with Crippen LogP contribution >= 0.6 is 11.8 Å². The summed E-state index contributed by atoms with van der Waals surface area (Å²) < 4.78 is 15.6. The Balaban J connectivity index is 2.03. The number of ether oxygens (including phenoxy) is 2. The van der Waals surface area contributed by atoms with E-state index in [0.29, 0.717) is 19.0 Å². The van der Waals surface area contributed by atoms with Crippen molar-refractivity contribution < 1.29 is 19.0 Å². The molecule has 1 aromatic heterocycles. The predicted molar refractivity (Wildman–Crippen MR) is 68.2 cm³/mol. The van der Waals surface area contributed by atoms with E-state index in [4.69, 9.17) is 13.9 Å². The summed E-state index contributed by atoms with van der Waals surface area (Å²) in [5, 5.41) is 9.68. The molecule has 17 heavy (non-hydrogen) atoms. The van der Waals surface area contributed by atoms with Gasteiger partial charge in [0.2, 0.25) is 0 Å². The summed E-state index contributed by atoms with van der Waals surface area (Å²) in [4.78, 5) is 0. The van der Waals surface area contributed by atoms with E-state index in [0.717, 1.165) is 11.5 Å². The quantitative estimate of drug-likeness (QED) is 0.735. The number of hydrogen-bond acceptors (Lipinski definition) is 5. The lowest BCUT2D eigenvalue weighted by molar-refractivity contribution is -0.0257. The van der Waals surface area contributed by atoms with Crippen LogP contribution < -0.4 is 0 Å². The lowest BCUT2D eigenvalue weighted by atomic mass is 10.4. The highest BCUT2D eigenvalue weighted by molar-refractivity contribution is 7.98. The third-order valence-electron chi connectivity index (χ3n) is 2.11. The molecule has 0 aliphatic rings. The van der Waals surface area contributed by atoms with Gasteiger partial charge in [-0.05, 0) is 19.1 Å². The lowest BCUT2D eigenvalue weighted by Gasteiger charge is -2.15. The highest BCUT2D eigenvalue weighted by Crippen LogP contribution is 2.13. The van der Waals surface area contributed by atoms with Crippen molar-refractivity contribution in [2.45, 2.75) is 24.9 Å². The molecule has 0 aromatic carbocycles. The summed E-state index contributed by atoms with van der Waals surface area (Å²) in [5.41, 5.74) is 0. The highest BCUT2D eigenvalue weighted by atomic mass is 32.2. The van der Waals surface area contributed by atoms with Crippen LogP contribution in [0.3, 0.4) is 0 Å². The van der Waals surface area contributed by atoms with Crippen LogP contribution in [-0.2, 0) is 15.2 Å². The van der Waals surface area contributed by atoms with Crippen LogP contribution in [0.2, 0.25) is 0 Å². The Bertz CT molecular complexity index is 276. The Labute approximate surface area is 106 Å². The fourth-order valence-electron chi connectivity index (χ4n) is 1.30. The number of rotatable bonds is 9. The smallest absolute Gasteiger partial charge is 0.113 e. The molecule has 2 atom stereocenters. The Morgan fingerprint density at radius 2 is 2.29 bits per heavy atom. The molecule has 0 amide bonds. The first-order chi connectivity index (χ1) is 8.22. The zero-order valence-corrected chi connectivity index (χ0v) is 11.1. The molecule has 98 valence electrons. The first-order valence-corrected chi connectivity index (χ1v) is 6.76. The van der Waals surface area contributed by atoms with Crippen LogP contribution in [0.25, 0.3) is 0 Å². The van der Waals surface area contributed by atoms with Gasteiger partial charge in [0, 0.05) is 12.9 Å². The molecule has 0 aliphatic carbocycles. The third-order valence-corrected chi connectivity index (χ3v) is 3.22. The maximum Gasteiger partial charge on any atom is 0.113 e. The molecule has 2 unspecified atom stereocenters. The van der Waals surface area contributed by atoms with Gasteiger partial charge < -0.3 is 19.0 Å². The minimum absolute atomic E-state index is 0.0183. The van der Waals surface area contributed by atoms with Gasteiger partial charge in [-0.15, -0.1) is 0 Å². The van der Waals surface area contributed by atoms with E-state index in [1.54, 1.807) is 25.1 Å². The van der Waals surface area contributed by atoms with Gasteiger partial charge >= 0.3 is 0 Å². The molecule has 0 saturated carbocycles. The summed E-state index contributed by atoms with van der Waals surface area (Å²) in [6, 6.07) is 3.79. The second kappa shape index (κ2) is 8.58. The molecule has 1 rings (SSSR count). The molecule has 1 N–H and O–H groups in total. The molecule has 0 radical (unpaired) electrons. The summed E-state index contributed by atoms with van der Waals surface area (Å²) in [7, 11) is 1.63. The fourth-order valence-corrected chi connectivity index (χ4v) is 2.15. The molecule has 0 fully saturated rings. The minimum Gasteiger partial charge on any atom is -0.468 e. The maximum absolute atomic E-state index is 9.68. The van der Waals surface area contributed by atoms with Crippen molar-refractivity contribution in [3.8, 4) is 0 Å². The van der Waals surface area contributed by atoms with E-state index in [9.17, 15) is 5.11 Å². The van der Waals surface area contributed by atoms with Gasteiger partial charge in [0.1, 0.15) is 5.76 Å². The number of furan rings is 1. The van der Waals surface area contributed by atoms with Gasteiger partial charge in [0.25, 0.3) is 0 Å². The summed E-state index contributed by atoms with van der Waals surface area (Å²) >= 11 is 1.63. The van der Waals surface area contributed by atoms with Crippen LogP contribution in [0.15, 0.2) is 22.8 Å².